The first-order chi connectivity index (χ1) is 5.97. The van der Waals surface area contributed by atoms with E-state index in [9.17, 15) is 4.79 Å². The lowest BCUT2D eigenvalue weighted by atomic mass is 9.99. The third kappa shape index (κ3) is 3.69. The van der Waals surface area contributed by atoms with Crippen molar-refractivity contribution in [2.75, 3.05) is 0 Å². The molecule has 0 spiro atoms. The van der Waals surface area contributed by atoms with E-state index in [4.69, 9.17) is 0 Å². The van der Waals surface area contributed by atoms with Crippen LogP contribution in [0.3, 0.4) is 0 Å². The van der Waals surface area contributed by atoms with Gasteiger partial charge in [-0.25, -0.2) is 0 Å². The van der Waals surface area contributed by atoms with Crippen molar-refractivity contribution >= 4 is 11.9 Å². The highest BCUT2D eigenvalue weighted by Gasteiger charge is 2.04. The molecule has 3 nitrogen and oxygen atoms in total. The van der Waals surface area contributed by atoms with E-state index in [2.05, 4.69) is 30.7 Å². The maximum Gasteiger partial charge on any atom is 0.248 e. The molecule has 1 aromatic rings. The molecule has 0 aromatic carbocycles. The molecular weight excluding hydrogens is 164 g/mol. The van der Waals surface area contributed by atoms with Gasteiger partial charge in [-0.2, -0.15) is 0 Å². The molecule has 1 N–H and O–H groups in total. The highest BCUT2D eigenvalue weighted by Crippen LogP contribution is 2.12. The second kappa shape index (κ2) is 3.56. The van der Waals surface area contributed by atoms with Crippen LogP contribution in [0.2, 0.25) is 0 Å². The molecule has 0 saturated carbocycles. The lowest BCUT2D eigenvalue weighted by Crippen LogP contribution is -2.05. The fourth-order valence-electron chi connectivity index (χ4n) is 0.751. The van der Waals surface area contributed by atoms with Crippen LogP contribution in [0.15, 0.2) is 28.1 Å². The summed E-state index contributed by atoms with van der Waals surface area (Å²) in [7, 11) is 0. The smallest absolute Gasteiger partial charge is 0.248 e. The summed E-state index contributed by atoms with van der Waals surface area (Å²) in [6.07, 6.45) is 3.46. The average molecular weight is 178 g/mol. The summed E-state index contributed by atoms with van der Waals surface area (Å²) in [6.45, 7) is 6.21. The number of aliphatic imine (C=N–C) groups is 1. The van der Waals surface area contributed by atoms with E-state index in [0.717, 1.165) is 5.69 Å². The van der Waals surface area contributed by atoms with Crippen LogP contribution in [0.4, 0.5) is 5.69 Å². The van der Waals surface area contributed by atoms with Gasteiger partial charge < -0.3 is 4.98 Å². The van der Waals surface area contributed by atoms with E-state index in [1.54, 1.807) is 12.3 Å². The molecule has 0 atom stereocenters. The molecule has 0 fully saturated rings. The van der Waals surface area contributed by atoms with E-state index in [-0.39, 0.29) is 11.0 Å². The molecule has 0 amide bonds. The molecule has 13 heavy (non-hydrogen) atoms. The third-order valence-electron chi connectivity index (χ3n) is 1.37. The summed E-state index contributed by atoms with van der Waals surface area (Å²) in [5, 5.41) is 0. The second-order valence-electron chi connectivity index (χ2n) is 4.04. The van der Waals surface area contributed by atoms with E-state index >= 15 is 0 Å². The number of hydrogen-bond donors (Lipinski definition) is 1. The number of hydrogen-bond acceptors (Lipinski definition) is 2. The molecule has 1 heterocycles. The zero-order valence-corrected chi connectivity index (χ0v) is 8.16. The Morgan fingerprint density at radius 3 is 2.54 bits per heavy atom. The highest BCUT2D eigenvalue weighted by atomic mass is 16.1. The van der Waals surface area contributed by atoms with Crippen LogP contribution in [0.5, 0.6) is 0 Å². The van der Waals surface area contributed by atoms with Gasteiger partial charge in [0.2, 0.25) is 5.56 Å². The maximum atomic E-state index is 10.7. The molecule has 0 bridgehead atoms. The average Bonchev–Trinajstić information content (AvgIpc) is 2.02. The first-order valence-corrected chi connectivity index (χ1v) is 4.21. The van der Waals surface area contributed by atoms with Crippen LogP contribution in [-0.4, -0.2) is 11.2 Å². The van der Waals surface area contributed by atoms with Crippen molar-refractivity contribution < 1.29 is 0 Å². The number of H-pyrrole nitrogens is 1. The molecule has 0 aliphatic rings. The molecule has 3 heteroatoms. The van der Waals surface area contributed by atoms with Crippen LogP contribution in [-0.2, 0) is 0 Å². The van der Waals surface area contributed by atoms with Crippen LogP contribution >= 0.6 is 0 Å². The molecule has 70 valence electrons. The molecule has 0 aliphatic carbocycles. The van der Waals surface area contributed by atoms with Crippen molar-refractivity contribution in [2.45, 2.75) is 20.8 Å². The van der Waals surface area contributed by atoms with Crippen molar-refractivity contribution in [1.29, 1.82) is 0 Å². The summed E-state index contributed by atoms with van der Waals surface area (Å²) in [6, 6.07) is 3.16. The van der Waals surface area contributed by atoms with E-state index in [1.807, 2.05) is 6.21 Å². The van der Waals surface area contributed by atoms with Gasteiger partial charge in [0.05, 0.1) is 5.69 Å². The van der Waals surface area contributed by atoms with Gasteiger partial charge in [-0.3, -0.25) is 9.79 Å². The zero-order chi connectivity index (χ0) is 9.90. The summed E-state index contributed by atoms with van der Waals surface area (Å²) in [5.41, 5.74) is 0.736. The van der Waals surface area contributed by atoms with E-state index in [1.165, 1.54) is 6.07 Å². The number of nitrogens with one attached hydrogen (secondary N) is 1. The third-order valence-corrected chi connectivity index (χ3v) is 1.37. The summed E-state index contributed by atoms with van der Waals surface area (Å²) >= 11 is 0. The first-order valence-electron chi connectivity index (χ1n) is 4.21. The van der Waals surface area contributed by atoms with Crippen molar-refractivity contribution in [1.82, 2.24) is 4.98 Å². The van der Waals surface area contributed by atoms with E-state index < -0.39 is 0 Å². The molecule has 1 rings (SSSR count). The minimum Gasteiger partial charge on any atom is -0.327 e. The normalized spacial score (nSPS) is 12.2. The number of nitrogens with zero attached hydrogens (tertiary/aromatic N) is 1. The van der Waals surface area contributed by atoms with E-state index in [0.29, 0.717) is 0 Å². The lowest BCUT2D eigenvalue weighted by Gasteiger charge is -2.09. The summed E-state index contributed by atoms with van der Waals surface area (Å²) in [4.78, 5) is 17.5. The minimum absolute atomic E-state index is 0.0656. The number of aromatic nitrogens is 1. The van der Waals surface area contributed by atoms with Gasteiger partial charge in [0.1, 0.15) is 0 Å². The molecule has 0 unspecified atom stereocenters. The van der Waals surface area contributed by atoms with Gasteiger partial charge in [0.25, 0.3) is 0 Å². The maximum absolute atomic E-state index is 10.7. The van der Waals surface area contributed by atoms with Crippen LogP contribution in [0.25, 0.3) is 0 Å². The van der Waals surface area contributed by atoms with Gasteiger partial charge in [-0.1, -0.05) is 20.8 Å². The van der Waals surface area contributed by atoms with Gasteiger partial charge >= 0.3 is 0 Å². The van der Waals surface area contributed by atoms with Gasteiger partial charge in [0.15, 0.2) is 0 Å². The highest BCUT2D eigenvalue weighted by molar-refractivity contribution is 5.68. The van der Waals surface area contributed by atoms with Crippen LogP contribution < -0.4 is 5.56 Å². The fourth-order valence-corrected chi connectivity index (χ4v) is 0.751. The predicted octanol–water partition coefficient (Wildman–Crippen LogP) is 2.12. The Morgan fingerprint density at radius 2 is 2.08 bits per heavy atom. The molecule has 0 radical (unpaired) electrons. The number of pyridine rings is 1. The Hall–Kier alpha value is -1.38. The number of rotatable bonds is 1. The molecular formula is C10H14N2O. The quantitative estimate of drug-likeness (QED) is 0.658. The lowest BCUT2D eigenvalue weighted by molar-refractivity contribution is 0.607. The Balaban J connectivity index is 2.81. The van der Waals surface area contributed by atoms with Crippen molar-refractivity contribution in [2.24, 2.45) is 10.4 Å². The fraction of sp³-hybridized carbons (Fsp3) is 0.400. The van der Waals surface area contributed by atoms with Gasteiger partial charge in [-0.05, 0) is 11.5 Å². The van der Waals surface area contributed by atoms with Crippen molar-refractivity contribution in [3.05, 3.63) is 28.7 Å². The van der Waals surface area contributed by atoms with Crippen LogP contribution in [0.1, 0.15) is 20.8 Å². The molecule has 0 aliphatic heterocycles. The first kappa shape index (κ1) is 9.71. The van der Waals surface area contributed by atoms with Gasteiger partial charge in [0, 0.05) is 18.5 Å². The molecule has 0 saturated heterocycles. The Bertz CT molecular complexity index is 337. The zero-order valence-electron chi connectivity index (χ0n) is 8.16. The Kier molecular flexibility index (Phi) is 2.66. The van der Waals surface area contributed by atoms with Crippen molar-refractivity contribution in [3.63, 3.8) is 0 Å². The summed E-state index contributed by atoms with van der Waals surface area (Å²) < 4.78 is 0. The molecule has 1 aromatic heterocycles. The van der Waals surface area contributed by atoms with Crippen LogP contribution in [0, 0.1) is 5.41 Å². The Morgan fingerprint density at radius 1 is 1.38 bits per heavy atom. The SMILES string of the molecule is CC(C)(C)/C=N/c1ccc(=O)[nH]c1. The second-order valence-corrected chi connectivity index (χ2v) is 4.04. The predicted molar refractivity (Wildman–Crippen MR) is 54.7 cm³/mol. The number of aromatic amines is 1. The standard InChI is InChI=1S/C10H14N2O/c1-10(2,3)7-12-8-4-5-9(13)11-6-8/h4-7H,1-3H3,(H,11,13)/b12-7+. The summed E-state index contributed by atoms with van der Waals surface area (Å²) in [5.74, 6) is 0. The topological polar surface area (TPSA) is 45.2 Å². The Labute approximate surface area is 77.5 Å². The van der Waals surface area contributed by atoms with Gasteiger partial charge in [-0.15, -0.1) is 0 Å². The largest absolute Gasteiger partial charge is 0.327 e. The monoisotopic (exact) mass is 178 g/mol. The van der Waals surface area contributed by atoms with Crippen molar-refractivity contribution in [3.8, 4) is 0 Å². The minimum atomic E-state index is -0.102.